The van der Waals surface area contributed by atoms with Gasteiger partial charge in [0, 0.05) is 43.7 Å². The van der Waals surface area contributed by atoms with Gasteiger partial charge in [0.15, 0.2) is 6.35 Å². The maximum Gasteiger partial charge on any atom is 0.246 e. The molecule has 1 amide bonds. The molecule has 3 heterocycles. The Hall–Kier alpha value is -2.28. The Morgan fingerprint density at radius 3 is 2.62 bits per heavy atom. The Morgan fingerprint density at radius 1 is 1.06 bits per heavy atom. The van der Waals surface area contributed by atoms with E-state index in [0.29, 0.717) is 48.3 Å². The van der Waals surface area contributed by atoms with Crippen molar-refractivity contribution in [3.8, 4) is 6.07 Å². The van der Waals surface area contributed by atoms with Crippen LogP contribution in [0.3, 0.4) is 0 Å². The third kappa shape index (κ3) is 6.88. The van der Waals surface area contributed by atoms with E-state index in [1.165, 1.54) is 89.5 Å². The molecule has 8 nitrogen and oxygen atoms in total. The van der Waals surface area contributed by atoms with Crippen LogP contribution >= 0.6 is 0 Å². The van der Waals surface area contributed by atoms with E-state index in [2.05, 4.69) is 70.9 Å². The van der Waals surface area contributed by atoms with E-state index in [4.69, 9.17) is 4.74 Å². The minimum atomic E-state index is -0.126. The Bertz CT molecular complexity index is 1320. The molecule has 5 fully saturated rings. The zero-order valence-corrected chi connectivity index (χ0v) is 29.7. The molecular weight excluding hydrogens is 596 g/mol. The number of hydrogen-bond acceptors (Lipinski definition) is 7. The van der Waals surface area contributed by atoms with Gasteiger partial charge >= 0.3 is 0 Å². The van der Waals surface area contributed by atoms with Gasteiger partial charge in [0.1, 0.15) is 0 Å². The molecule has 0 bridgehead atoms. The number of likely N-dealkylation sites (tertiary alicyclic amines) is 1. The molecule has 48 heavy (non-hydrogen) atoms. The molecule has 1 N–H and O–H groups in total. The number of carbonyl (C=O) groups is 1. The third-order valence-electron chi connectivity index (χ3n) is 13.4. The number of ether oxygens (including phenoxy) is 1. The molecule has 7 rings (SSSR count). The van der Waals surface area contributed by atoms with Gasteiger partial charge in [0.05, 0.1) is 31.3 Å². The lowest BCUT2D eigenvalue weighted by molar-refractivity contribution is -0.218. The highest BCUT2D eigenvalue weighted by Gasteiger charge is 2.54. The minimum Gasteiger partial charge on any atom is -0.348 e. The first kappa shape index (κ1) is 34.2. The molecule has 1 aromatic carbocycles. The van der Waals surface area contributed by atoms with Crippen molar-refractivity contribution in [2.75, 3.05) is 39.8 Å². The maximum absolute atomic E-state index is 12.9. The lowest BCUT2D eigenvalue weighted by Gasteiger charge is -2.61. The summed E-state index contributed by atoms with van der Waals surface area (Å²) in [5, 5.41) is 14.1. The minimum absolute atomic E-state index is 0.0492. The van der Waals surface area contributed by atoms with Crippen molar-refractivity contribution >= 4 is 5.91 Å². The van der Waals surface area contributed by atoms with E-state index in [9.17, 15) is 10.1 Å². The summed E-state index contributed by atoms with van der Waals surface area (Å²) in [6.45, 7) is 10.3. The van der Waals surface area contributed by atoms with Gasteiger partial charge in [-0.3, -0.25) is 15.0 Å². The molecule has 262 valence electrons. The van der Waals surface area contributed by atoms with Crippen LogP contribution in [0.15, 0.2) is 36.9 Å². The van der Waals surface area contributed by atoms with Gasteiger partial charge in [-0.1, -0.05) is 63.5 Å². The summed E-state index contributed by atoms with van der Waals surface area (Å²) < 4.78 is 7.13. The highest BCUT2D eigenvalue weighted by Crippen LogP contribution is 2.54. The van der Waals surface area contributed by atoms with E-state index in [-0.39, 0.29) is 24.5 Å². The number of nitriles is 1. The van der Waals surface area contributed by atoms with Crippen molar-refractivity contribution in [1.29, 1.82) is 5.26 Å². The van der Waals surface area contributed by atoms with Gasteiger partial charge in [0.2, 0.25) is 5.91 Å². The van der Waals surface area contributed by atoms with Crippen molar-refractivity contribution in [3.63, 3.8) is 0 Å². The number of hydrogen-bond donors (Lipinski definition) is 1. The monoisotopic (exact) mass is 656 g/mol. The predicted octanol–water partition coefficient (Wildman–Crippen LogP) is 5.85. The second-order valence-electron chi connectivity index (χ2n) is 16.4. The Morgan fingerprint density at radius 2 is 1.88 bits per heavy atom. The van der Waals surface area contributed by atoms with Crippen molar-refractivity contribution in [2.24, 2.45) is 11.3 Å². The van der Waals surface area contributed by atoms with E-state index >= 15 is 0 Å². The number of piperazine rings is 1. The molecule has 0 aromatic heterocycles. The molecule has 3 aliphatic heterocycles. The standard InChI is InChI=1S/C40H60N6O2/c1-4-37(47)45-23-22-44(27-32(45)18-20-41)38-35-17-19-40(24-29(2)34-16-10-9-12-30(34)25-40)26-36(35)42-39(48-28-33-15-11-21-43(33)3)46(38)31-13-7-5-6-8-14-31/h4,9-10,12,16,29,31-33,35-36,38-39,42H,1,5-8,11,13-15,17-19,21-28H2,2-3H3. The molecule has 0 radical (unpaired) electrons. The molecule has 8 heteroatoms. The molecule has 1 spiro atoms. The number of benzene rings is 1. The smallest absolute Gasteiger partial charge is 0.246 e. The van der Waals surface area contributed by atoms with Crippen LogP contribution in [0.25, 0.3) is 0 Å². The molecule has 8 unspecified atom stereocenters. The molecular formula is C40H60N6O2. The van der Waals surface area contributed by atoms with Crippen molar-refractivity contribution < 1.29 is 9.53 Å². The van der Waals surface area contributed by atoms with E-state index in [1.54, 1.807) is 11.1 Å². The molecule has 2 saturated carbocycles. The summed E-state index contributed by atoms with van der Waals surface area (Å²) in [6.07, 6.45) is 18.1. The van der Waals surface area contributed by atoms with Gasteiger partial charge in [0.25, 0.3) is 0 Å². The number of fused-ring (bicyclic) bond motifs is 2. The van der Waals surface area contributed by atoms with Crippen LogP contribution in [0, 0.1) is 22.7 Å². The number of nitrogens with zero attached hydrogens (tertiary/aromatic N) is 5. The first-order valence-electron chi connectivity index (χ1n) is 19.4. The Balaban J connectivity index is 1.22. The van der Waals surface area contributed by atoms with Crippen molar-refractivity contribution in [2.45, 2.75) is 139 Å². The zero-order valence-electron chi connectivity index (χ0n) is 29.7. The number of rotatable bonds is 7. The third-order valence-corrected chi connectivity index (χ3v) is 13.4. The van der Waals surface area contributed by atoms with E-state index in [0.717, 1.165) is 26.2 Å². The number of nitrogens with one attached hydrogen (secondary N) is 1. The second-order valence-corrected chi connectivity index (χ2v) is 16.4. The summed E-state index contributed by atoms with van der Waals surface area (Å²) in [5.74, 6) is 1.01. The summed E-state index contributed by atoms with van der Waals surface area (Å²) in [4.78, 5) is 22.8. The van der Waals surface area contributed by atoms with E-state index < -0.39 is 0 Å². The van der Waals surface area contributed by atoms with Crippen LogP contribution in [-0.4, -0.2) is 102 Å². The van der Waals surface area contributed by atoms with Crippen LogP contribution in [0.1, 0.15) is 107 Å². The van der Waals surface area contributed by atoms with Crippen LogP contribution in [0.2, 0.25) is 0 Å². The first-order valence-corrected chi connectivity index (χ1v) is 19.4. The first-order chi connectivity index (χ1) is 23.4. The van der Waals surface area contributed by atoms with Crippen LogP contribution in [0.4, 0.5) is 0 Å². The highest BCUT2D eigenvalue weighted by molar-refractivity contribution is 5.87. The Kier molecular flexibility index (Phi) is 10.6. The number of amides is 1. The largest absolute Gasteiger partial charge is 0.348 e. The summed E-state index contributed by atoms with van der Waals surface area (Å²) in [5.41, 5.74) is 3.42. The molecule has 6 aliphatic rings. The van der Waals surface area contributed by atoms with Gasteiger partial charge in [-0.2, -0.15) is 5.26 Å². The lowest BCUT2D eigenvalue weighted by atomic mass is 9.57. The lowest BCUT2D eigenvalue weighted by Crippen LogP contribution is -2.75. The van der Waals surface area contributed by atoms with Gasteiger partial charge in [-0.05, 0) is 99.9 Å². The molecule has 8 atom stereocenters. The van der Waals surface area contributed by atoms with Crippen LogP contribution in [-0.2, 0) is 16.0 Å². The molecule has 3 aliphatic carbocycles. The summed E-state index contributed by atoms with van der Waals surface area (Å²) >= 11 is 0. The zero-order chi connectivity index (χ0) is 33.3. The van der Waals surface area contributed by atoms with Gasteiger partial charge in [-0.25, -0.2) is 4.90 Å². The fourth-order valence-electron chi connectivity index (χ4n) is 11.1. The second kappa shape index (κ2) is 14.9. The number of carbonyl (C=O) groups excluding carboxylic acids is 1. The molecule has 1 aromatic rings. The molecule has 3 saturated heterocycles. The quantitative estimate of drug-likeness (QED) is 0.292. The Labute approximate surface area is 289 Å². The number of likely N-dealkylation sites (N-methyl/N-ethyl adjacent to an activating group) is 1. The fourth-order valence-corrected chi connectivity index (χ4v) is 11.1. The fraction of sp³-hybridized carbons (Fsp3) is 0.750. The van der Waals surface area contributed by atoms with Crippen LogP contribution in [0.5, 0.6) is 0 Å². The van der Waals surface area contributed by atoms with E-state index in [1.807, 2.05) is 4.90 Å². The van der Waals surface area contributed by atoms with Crippen molar-refractivity contribution in [3.05, 3.63) is 48.0 Å². The van der Waals surface area contributed by atoms with Crippen LogP contribution < -0.4 is 5.32 Å². The predicted molar refractivity (Wildman–Crippen MR) is 190 cm³/mol. The summed E-state index contributed by atoms with van der Waals surface area (Å²) in [6, 6.07) is 12.8. The SMILES string of the molecule is C=CC(=O)N1CCN(C2C3CCC4(Cc5ccccc5C(C)C4)CC3NC(OCC3CCCN3C)N2C2CCCCCC2)CC1CC#N. The average Bonchev–Trinajstić information content (AvgIpc) is 3.31. The topological polar surface area (TPSA) is 75.1 Å². The van der Waals surface area contributed by atoms with Gasteiger partial charge in [-0.15, -0.1) is 0 Å². The maximum atomic E-state index is 12.9. The average molecular weight is 657 g/mol. The summed E-state index contributed by atoms with van der Waals surface area (Å²) in [7, 11) is 2.25. The van der Waals surface area contributed by atoms with Gasteiger partial charge < -0.3 is 14.5 Å². The highest BCUT2D eigenvalue weighted by atomic mass is 16.5. The van der Waals surface area contributed by atoms with Crippen molar-refractivity contribution in [1.82, 2.24) is 24.9 Å². The normalized spacial score (nSPS) is 37.0.